The van der Waals surface area contributed by atoms with Crippen LogP contribution in [0.5, 0.6) is 0 Å². The van der Waals surface area contributed by atoms with Gasteiger partial charge in [0.25, 0.3) is 11.8 Å². The number of para-hydroxylation sites is 1. The minimum absolute atomic E-state index is 0.190. The van der Waals surface area contributed by atoms with Crippen molar-refractivity contribution in [1.29, 1.82) is 0 Å². The lowest BCUT2D eigenvalue weighted by molar-refractivity contribution is -0.152. The fourth-order valence-electron chi connectivity index (χ4n) is 1.98. The Morgan fingerprint density at radius 2 is 1.77 bits per heavy atom. The number of anilines is 1. The molecule has 0 aromatic heterocycles. The van der Waals surface area contributed by atoms with Gasteiger partial charge in [-0.15, -0.1) is 0 Å². The normalized spacial score (nSPS) is 11.3. The number of rotatable bonds is 6. The molecule has 26 heavy (non-hydrogen) atoms. The Kier molecular flexibility index (Phi) is 6.68. The largest absolute Gasteiger partial charge is 0.451 e. The number of carbonyl (C=O) groups excluding carboxylic acids is 3. The van der Waals surface area contributed by atoms with Gasteiger partial charge in [-0.05, 0) is 31.2 Å². The summed E-state index contributed by atoms with van der Waals surface area (Å²) in [6.07, 6.45) is -1.11. The summed E-state index contributed by atoms with van der Waals surface area (Å²) in [5, 5.41) is 5.11. The first-order valence-electron chi connectivity index (χ1n) is 7.66. The zero-order chi connectivity index (χ0) is 19.1. The Hall–Kier alpha value is -2.93. The summed E-state index contributed by atoms with van der Waals surface area (Å²) in [6, 6.07) is 12.0. The summed E-state index contributed by atoms with van der Waals surface area (Å²) >= 11 is 5.93. The summed E-state index contributed by atoms with van der Waals surface area (Å²) in [7, 11) is 0. The molecular weight excluding hydrogens is 363 g/mol. The van der Waals surface area contributed by atoms with E-state index in [1.54, 1.807) is 24.3 Å². The van der Waals surface area contributed by atoms with Gasteiger partial charge < -0.3 is 15.4 Å². The number of amides is 2. The maximum absolute atomic E-state index is 13.5. The van der Waals surface area contributed by atoms with Crippen molar-refractivity contribution in [1.82, 2.24) is 5.32 Å². The molecule has 2 amide bonds. The van der Waals surface area contributed by atoms with Crippen molar-refractivity contribution in [3.8, 4) is 0 Å². The quantitative estimate of drug-likeness (QED) is 0.757. The van der Waals surface area contributed by atoms with Gasteiger partial charge in [0.15, 0.2) is 6.10 Å². The molecule has 0 spiro atoms. The van der Waals surface area contributed by atoms with Gasteiger partial charge in [-0.3, -0.25) is 14.4 Å². The second-order valence-electron chi connectivity index (χ2n) is 5.26. The minimum Gasteiger partial charge on any atom is -0.451 e. The maximum atomic E-state index is 13.5. The third kappa shape index (κ3) is 5.29. The number of nitrogens with one attached hydrogen (secondary N) is 2. The number of ether oxygens (including phenoxy) is 1. The molecule has 0 heterocycles. The lowest BCUT2D eigenvalue weighted by atomic mass is 10.2. The molecule has 1 atom stereocenters. The Morgan fingerprint density at radius 1 is 1.12 bits per heavy atom. The zero-order valence-corrected chi connectivity index (χ0v) is 14.5. The van der Waals surface area contributed by atoms with Gasteiger partial charge >= 0.3 is 5.97 Å². The van der Waals surface area contributed by atoms with E-state index in [0.29, 0.717) is 10.7 Å². The van der Waals surface area contributed by atoms with Crippen LogP contribution in [0.3, 0.4) is 0 Å². The highest BCUT2D eigenvalue weighted by Gasteiger charge is 2.19. The van der Waals surface area contributed by atoms with Crippen molar-refractivity contribution in [2.45, 2.75) is 13.0 Å². The monoisotopic (exact) mass is 378 g/mol. The Balaban J connectivity index is 1.83. The lowest BCUT2D eigenvalue weighted by Gasteiger charge is -2.14. The van der Waals surface area contributed by atoms with E-state index < -0.39 is 36.2 Å². The van der Waals surface area contributed by atoms with E-state index in [4.69, 9.17) is 16.3 Å². The number of carbonyl (C=O) groups is 3. The van der Waals surface area contributed by atoms with Crippen molar-refractivity contribution in [2.24, 2.45) is 0 Å². The van der Waals surface area contributed by atoms with Gasteiger partial charge in [0.05, 0.1) is 16.3 Å². The molecular formula is C18H16ClFN2O4. The van der Waals surface area contributed by atoms with Crippen molar-refractivity contribution in [3.63, 3.8) is 0 Å². The van der Waals surface area contributed by atoms with Crippen molar-refractivity contribution in [3.05, 3.63) is 64.9 Å². The summed E-state index contributed by atoms with van der Waals surface area (Å²) < 4.78 is 18.4. The third-order valence-corrected chi connectivity index (χ3v) is 3.65. The van der Waals surface area contributed by atoms with Crippen LogP contribution in [0.4, 0.5) is 10.1 Å². The lowest BCUT2D eigenvalue weighted by Crippen LogP contribution is -2.36. The van der Waals surface area contributed by atoms with Crippen molar-refractivity contribution >= 4 is 35.1 Å². The highest BCUT2D eigenvalue weighted by Crippen LogP contribution is 2.20. The molecule has 8 heteroatoms. The van der Waals surface area contributed by atoms with Crippen LogP contribution in [-0.2, 0) is 14.3 Å². The predicted octanol–water partition coefficient (Wildman–Crippen LogP) is 2.78. The van der Waals surface area contributed by atoms with Gasteiger partial charge in [-0.25, -0.2) is 4.39 Å². The Morgan fingerprint density at radius 3 is 2.46 bits per heavy atom. The van der Waals surface area contributed by atoms with Crippen LogP contribution < -0.4 is 10.6 Å². The topological polar surface area (TPSA) is 84.5 Å². The molecule has 0 saturated heterocycles. The highest BCUT2D eigenvalue weighted by atomic mass is 35.5. The number of halogens is 2. The van der Waals surface area contributed by atoms with E-state index in [0.717, 1.165) is 6.07 Å². The molecule has 2 rings (SSSR count). The van der Waals surface area contributed by atoms with Gasteiger partial charge in [0.2, 0.25) is 0 Å². The van der Waals surface area contributed by atoms with E-state index in [2.05, 4.69) is 10.6 Å². The molecule has 0 fully saturated rings. The van der Waals surface area contributed by atoms with E-state index in [1.807, 2.05) is 0 Å². The van der Waals surface area contributed by atoms with Crippen molar-refractivity contribution < 1.29 is 23.5 Å². The molecule has 2 aromatic rings. The SMILES string of the molecule is CC(OC(=O)CNC(=O)c1ccccc1F)C(=O)Nc1ccccc1Cl. The first kappa shape index (κ1) is 19.4. The molecule has 0 aliphatic rings. The molecule has 2 N–H and O–H groups in total. The Bertz CT molecular complexity index is 828. The van der Waals surface area contributed by atoms with Crippen LogP contribution in [-0.4, -0.2) is 30.4 Å². The average molecular weight is 379 g/mol. The van der Waals surface area contributed by atoms with Gasteiger partial charge in [0, 0.05) is 0 Å². The molecule has 1 unspecified atom stereocenters. The fraction of sp³-hybridized carbons (Fsp3) is 0.167. The molecule has 0 aliphatic carbocycles. The maximum Gasteiger partial charge on any atom is 0.326 e. The molecule has 0 saturated carbocycles. The number of hydrogen-bond acceptors (Lipinski definition) is 4. The summed E-state index contributed by atoms with van der Waals surface area (Å²) in [4.78, 5) is 35.6. The summed E-state index contributed by atoms with van der Waals surface area (Å²) in [5.74, 6) is -2.87. The first-order valence-corrected chi connectivity index (χ1v) is 8.04. The highest BCUT2D eigenvalue weighted by molar-refractivity contribution is 6.33. The number of hydrogen-bond donors (Lipinski definition) is 2. The number of esters is 1. The van der Waals surface area contributed by atoms with Crippen LogP contribution in [0.15, 0.2) is 48.5 Å². The predicted molar refractivity (Wildman–Crippen MR) is 94.4 cm³/mol. The van der Waals surface area contributed by atoms with Gasteiger partial charge in [-0.2, -0.15) is 0 Å². The minimum atomic E-state index is -1.11. The Labute approximate surface area is 154 Å². The van der Waals surface area contributed by atoms with Crippen LogP contribution in [0.25, 0.3) is 0 Å². The van der Waals surface area contributed by atoms with Crippen LogP contribution in [0.2, 0.25) is 5.02 Å². The summed E-state index contributed by atoms with van der Waals surface area (Å²) in [5.41, 5.74) is 0.194. The van der Waals surface area contributed by atoms with E-state index in [-0.39, 0.29) is 5.56 Å². The van der Waals surface area contributed by atoms with E-state index >= 15 is 0 Å². The molecule has 2 aromatic carbocycles. The average Bonchev–Trinajstić information content (AvgIpc) is 2.62. The van der Waals surface area contributed by atoms with E-state index in [1.165, 1.54) is 25.1 Å². The molecule has 6 nitrogen and oxygen atoms in total. The van der Waals surface area contributed by atoms with Crippen LogP contribution in [0, 0.1) is 5.82 Å². The molecule has 136 valence electrons. The molecule has 0 aliphatic heterocycles. The standard InChI is InChI=1S/C18H16ClFN2O4/c1-11(17(24)22-15-9-5-3-7-13(15)19)26-16(23)10-21-18(25)12-6-2-4-8-14(12)20/h2-9,11H,10H2,1H3,(H,21,25)(H,22,24). The first-order chi connectivity index (χ1) is 12.4. The van der Waals surface area contributed by atoms with Crippen molar-refractivity contribution in [2.75, 3.05) is 11.9 Å². The molecule has 0 radical (unpaired) electrons. The second kappa shape index (κ2) is 8.96. The van der Waals surface area contributed by atoms with Crippen LogP contribution in [0.1, 0.15) is 17.3 Å². The van der Waals surface area contributed by atoms with Gasteiger partial charge in [0.1, 0.15) is 12.4 Å². The van der Waals surface area contributed by atoms with Crippen LogP contribution >= 0.6 is 11.6 Å². The van der Waals surface area contributed by atoms with Gasteiger partial charge in [-0.1, -0.05) is 35.9 Å². The zero-order valence-electron chi connectivity index (χ0n) is 13.8. The smallest absolute Gasteiger partial charge is 0.326 e. The van der Waals surface area contributed by atoms with E-state index in [9.17, 15) is 18.8 Å². The fourth-order valence-corrected chi connectivity index (χ4v) is 2.17. The number of benzene rings is 2. The second-order valence-corrected chi connectivity index (χ2v) is 5.67. The summed E-state index contributed by atoms with van der Waals surface area (Å²) in [6.45, 7) is 0.875. The molecule has 0 bridgehead atoms. The third-order valence-electron chi connectivity index (χ3n) is 3.32.